The number of hydrogen-bond acceptors (Lipinski definition) is 1. The quantitative estimate of drug-likeness (QED) is 0.402. The maximum absolute atomic E-state index is 13.9. The average molecular weight is 416 g/mol. The Morgan fingerprint density at radius 3 is 2.20 bits per heavy atom. The van der Waals surface area contributed by atoms with Crippen LogP contribution in [0.4, 0.5) is 22.0 Å². The molecule has 0 aliphatic heterocycles. The highest BCUT2D eigenvalue weighted by Gasteiger charge is 2.33. The van der Waals surface area contributed by atoms with Crippen molar-refractivity contribution in [2.45, 2.75) is 6.18 Å². The van der Waals surface area contributed by atoms with Crippen molar-refractivity contribution >= 4 is 16.8 Å². The van der Waals surface area contributed by atoms with Gasteiger partial charge in [-0.2, -0.15) is 13.2 Å². The Kier molecular flexibility index (Phi) is 4.57. The lowest BCUT2D eigenvalue weighted by atomic mass is 9.87. The highest BCUT2D eigenvalue weighted by molar-refractivity contribution is 6.05. The van der Waals surface area contributed by atoms with Gasteiger partial charge in [0.2, 0.25) is 5.91 Å². The van der Waals surface area contributed by atoms with Crippen molar-refractivity contribution in [1.82, 2.24) is 4.98 Å². The Morgan fingerprint density at radius 2 is 1.57 bits per heavy atom. The number of aromatic nitrogens is 1. The fourth-order valence-electron chi connectivity index (χ4n) is 3.46. The van der Waals surface area contributed by atoms with Gasteiger partial charge < -0.3 is 10.7 Å². The molecular formula is C22H13F5N2O. The van der Waals surface area contributed by atoms with Gasteiger partial charge in [0.05, 0.1) is 5.56 Å². The molecule has 152 valence electrons. The minimum atomic E-state index is -4.76. The van der Waals surface area contributed by atoms with Crippen LogP contribution in [0.15, 0.2) is 60.8 Å². The summed E-state index contributed by atoms with van der Waals surface area (Å²) in [6, 6.07) is 10.5. The molecule has 8 heteroatoms. The van der Waals surface area contributed by atoms with Crippen LogP contribution in [-0.2, 0) is 6.18 Å². The first-order chi connectivity index (χ1) is 14.1. The molecule has 30 heavy (non-hydrogen) atoms. The van der Waals surface area contributed by atoms with Crippen LogP contribution in [0.2, 0.25) is 0 Å². The Balaban J connectivity index is 2.11. The molecule has 0 saturated carbocycles. The normalized spacial score (nSPS) is 11.8. The third kappa shape index (κ3) is 3.52. The largest absolute Gasteiger partial charge is 0.416 e. The van der Waals surface area contributed by atoms with Crippen molar-refractivity contribution in [2.75, 3.05) is 0 Å². The van der Waals surface area contributed by atoms with Crippen molar-refractivity contribution in [3.8, 4) is 22.3 Å². The zero-order valence-electron chi connectivity index (χ0n) is 15.1. The van der Waals surface area contributed by atoms with E-state index in [4.69, 9.17) is 5.73 Å². The number of nitrogens with one attached hydrogen (secondary N) is 1. The van der Waals surface area contributed by atoms with Crippen molar-refractivity contribution in [2.24, 2.45) is 5.73 Å². The van der Waals surface area contributed by atoms with Crippen molar-refractivity contribution in [3.63, 3.8) is 0 Å². The molecule has 3 N–H and O–H groups in total. The minimum Gasteiger partial charge on any atom is -0.366 e. The van der Waals surface area contributed by atoms with Gasteiger partial charge in [-0.1, -0.05) is 6.07 Å². The summed E-state index contributed by atoms with van der Waals surface area (Å²) in [5.74, 6) is -3.02. The molecule has 0 atom stereocenters. The summed E-state index contributed by atoms with van der Waals surface area (Å²) in [6.07, 6.45) is -3.10. The van der Waals surface area contributed by atoms with E-state index < -0.39 is 34.8 Å². The Hall–Kier alpha value is -3.68. The smallest absolute Gasteiger partial charge is 0.366 e. The lowest BCUT2D eigenvalue weighted by Crippen LogP contribution is -2.16. The number of carbonyl (C=O) groups is 1. The number of alkyl halides is 3. The third-order valence-corrected chi connectivity index (χ3v) is 4.75. The molecule has 4 rings (SSSR count). The predicted molar refractivity (Wildman–Crippen MR) is 103 cm³/mol. The molecule has 0 spiro atoms. The molecule has 0 aliphatic carbocycles. The molecule has 0 bridgehead atoms. The Morgan fingerprint density at radius 1 is 0.867 bits per heavy atom. The van der Waals surface area contributed by atoms with Gasteiger partial charge in [-0.25, -0.2) is 8.78 Å². The van der Waals surface area contributed by atoms with Crippen LogP contribution in [0.25, 0.3) is 33.2 Å². The predicted octanol–water partition coefficient (Wildman–Crippen LogP) is 5.90. The number of carbonyl (C=O) groups excluding carboxylic acids is 1. The highest BCUT2D eigenvalue weighted by atomic mass is 19.4. The van der Waals surface area contributed by atoms with E-state index in [1.807, 2.05) is 0 Å². The van der Waals surface area contributed by atoms with Crippen molar-refractivity contribution in [3.05, 3.63) is 83.6 Å². The summed E-state index contributed by atoms with van der Waals surface area (Å²) in [7, 11) is 0. The van der Waals surface area contributed by atoms with Crippen LogP contribution in [0.1, 0.15) is 15.9 Å². The number of fused-ring (bicyclic) bond motifs is 1. The summed E-state index contributed by atoms with van der Waals surface area (Å²) in [4.78, 5) is 15.0. The van der Waals surface area contributed by atoms with E-state index in [0.29, 0.717) is 23.1 Å². The van der Waals surface area contributed by atoms with Crippen LogP contribution in [0.3, 0.4) is 0 Å². The van der Waals surface area contributed by atoms with Gasteiger partial charge in [-0.05, 0) is 64.5 Å². The van der Waals surface area contributed by atoms with Gasteiger partial charge in [0.25, 0.3) is 0 Å². The van der Waals surface area contributed by atoms with Gasteiger partial charge >= 0.3 is 6.18 Å². The van der Waals surface area contributed by atoms with Gasteiger partial charge in [0, 0.05) is 28.9 Å². The van der Waals surface area contributed by atoms with Crippen LogP contribution < -0.4 is 5.73 Å². The second kappa shape index (κ2) is 6.98. The summed E-state index contributed by atoms with van der Waals surface area (Å²) in [5.41, 5.74) is 4.66. The van der Waals surface area contributed by atoms with Crippen LogP contribution >= 0.6 is 0 Å². The topological polar surface area (TPSA) is 58.9 Å². The Bertz CT molecular complexity index is 1270. The number of primary amides is 1. The molecule has 3 aromatic carbocycles. The van der Waals surface area contributed by atoms with Crippen molar-refractivity contribution < 1.29 is 26.7 Å². The van der Waals surface area contributed by atoms with E-state index in [0.717, 1.165) is 23.7 Å². The fourth-order valence-corrected chi connectivity index (χ4v) is 3.46. The Labute approximate surface area is 166 Å². The number of amides is 1. The highest BCUT2D eigenvalue weighted by Crippen LogP contribution is 2.41. The lowest BCUT2D eigenvalue weighted by Gasteiger charge is -2.18. The van der Waals surface area contributed by atoms with Gasteiger partial charge in [-0.15, -0.1) is 0 Å². The first-order valence-corrected chi connectivity index (χ1v) is 8.72. The van der Waals surface area contributed by atoms with Gasteiger partial charge in [0.15, 0.2) is 0 Å². The van der Waals surface area contributed by atoms with E-state index in [9.17, 15) is 26.7 Å². The molecule has 3 nitrogen and oxygen atoms in total. The molecule has 0 radical (unpaired) electrons. The minimum absolute atomic E-state index is 0.0216. The van der Waals surface area contributed by atoms with Crippen LogP contribution in [0, 0.1) is 11.6 Å². The monoisotopic (exact) mass is 416 g/mol. The second-order valence-corrected chi connectivity index (χ2v) is 6.75. The number of hydrogen-bond donors (Lipinski definition) is 2. The lowest BCUT2D eigenvalue weighted by molar-refractivity contribution is -0.137. The molecule has 0 fully saturated rings. The fraction of sp³-hybridized carbons (Fsp3) is 0.0455. The van der Waals surface area contributed by atoms with E-state index in [-0.39, 0.29) is 16.7 Å². The first-order valence-electron chi connectivity index (χ1n) is 8.72. The number of nitrogens with two attached hydrogens (primary N) is 1. The molecule has 4 aromatic rings. The van der Waals surface area contributed by atoms with Crippen molar-refractivity contribution in [1.29, 1.82) is 0 Å². The SMILES string of the molecule is NC(=O)c1cc(C(F)(F)F)cc(-c2ccc3[nH]ccc3c2)c1-c1cc(F)cc(F)c1. The summed E-state index contributed by atoms with van der Waals surface area (Å²) >= 11 is 0. The standard InChI is InChI=1S/C22H13F5N2O/c23-15-6-13(7-16(24)10-15)20-17(11-1-2-19-12(5-11)3-4-29-19)8-14(22(25,26)27)9-18(20)21(28)30/h1-10,29H,(H2,28,30). The molecule has 1 amide bonds. The summed E-state index contributed by atoms with van der Waals surface area (Å²) in [6.45, 7) is 0. The van der Waals surface area contributed by atoms with Gasteiger partial charge in [-0.3, -0.25) is 4.79 Å². The van der Waals surface area contributed by atoms with Crippen LogP contribution in [-0.4, -0.2) is 10.9 Å². The van der Waals surface area contributed by atoms with E-state index in [2.05, 4.69) is 4.98 Å². The maximum atomic E-state index is 13.9. The second-order valence-electron chi connectivity index (χ2n) is 6.75. The van der Waals surface area contributed by atoms with Gasteiger partial charge in [0.1, 0.15) is 11.6 Å². The molecule has 1 aromatic heterocycles. The summed E-state index contributed by atoms with van der Waals surface area (Å²) < 4.78 is 68.3. The van der Waals surface area contributed by atoms with E-state index in [1.165, 1.54) is 0 Å². The number of aromatic amines is 1. The molecule has 0 saturated heterocycles. The molecule has 1 heterocycles. The molecular weight excluding hydrogens is 403 g/mol. The van der Waals surface area contributed by atoms with E-state index in [1.54, 1.807) is 30.5 Å². The molecule has 0 unspecified atom stereocenters. The number of halogens is 5. The zero-order valence-corrected chi connectivity index (χ0v) is 15.1. The number of H-pyrrole nitrogens is 1. The first kappa shape index (κ1) is 19.6. The third-order valence-electron chi connectivity index (χ3n) is 4.75. The molecule has 0 aliphatic rings. The van der Waals surface area contributed by atoms with Crippen LogP contribution in [0.5, 0.6) is 0 Å². The average Bonchev–Trinajstić information content (AvgIpc) is 3.13. The maximum Gasteiger partial charge on any atom is 0.416 e. The zero-order chi connectivity index (χ0) is 21.6. The number of rotatable bonds is 3. The van der Waals surface area contributed by atoms with E-state index >= 15 is 0 Å². The number of benzene rings is 3. The summed E-state index contributed by atoms with van der Waals surface area (Å²) in [5, 5.41) is 0.710.